The zero-order chi connectivity index (χ0) is 9.97. The van der Waals surface area contributed by atoms with Crippen molar-refractivity contribution < 1.29 is 4.79 Å². The van der Waals surface area contributed by atoms with Crippen LogP contribution in [0.25, 0.3) is 0 Å². The molecule has 0 bridgehead atoms. The summed E-state index contributed by atoms with van der Waals surface area (Å²) in [6, 6.07) is 10.1. The maximum Gasteiger partial charge on any atom is 0.251 e. The van der Waals surface area contributed by atoms with Crippen molar-refractivity contribution in [1.82, 2.24) is 4.90 Å². The third-order valence-corrected chi connectivity index (χ3v) is 2.49. The lowest BCUT2D eigenvalue weighted by Gasteiger charge is -2.33. The fraction of sp³-hybridized carbons (Fsp3) is 0.250. The minimum atomic E-state index is 0.177. The van der Waals surface area contributed by atoms with Gasteiger partial charge < -0.3 is 4.90 Å². The number of β-lactam (4-membered cyclic amide) rings is 1. The van der Waals surface area contributed by atoms with Gasteiger partial charge in [-0.05, 0) is 12.5 Å². The van der Waals surface area contributed by atoms with Crippen molar-refractivity contribution >= 4 is 5.91 Å². The Balaban J connectivity index is 1.99. The van der Waals surface area contributed by atoms with E-state index in [1.54, 1.807) is 0 Å². The number of rotatable bonds is 2. The van der Waals surface area contributed by atoms with E-state index in [-0.39, 0.29) is 5.91 Å². The molecule has 72 valence electrons. The SMILES string of the molecule is C/C=C1\CN(Cc2ccccc2)C1=O. The molecule has 1 saturated heterocycles. The Bertz CT molecular complexity index is 367. The molecule has 1 amide bonds. The van der Waals surface area contributed by atoms with Crippen LogP contribution in [0.3, 0.4) is 0 Å². The van der Waals surface area contributed by atoms with Gasteiger partial charge in [-0.1, -0.05) is 36.4 Å². The minimum absolute atomic E-state index is 0.177. The summed E-state index contributed by atoms with van der Waals surface area (Å²) in [7, 11) is 0. The number of nitrogens with zero attached hydrogens (tertiary/aromatic N) is 1. The van der Waals surface area contributed by atoms with Crippen molar-refractivity contribution in [1.29, 1.82) is 0 Å². The molecule has 1 heterocycles. The Morgan fingerprint density at radius 3 is 2.64 bits per heavy atom. The molecule has 1 aromatic rings. The van der Waals surface area contributed by atoms with E-state index in [1.165, 1.54) is 5.56 Å². The number of benzene rings is 1. The molecule has 2 heteroatoms. The van der Waals surface area contributed by atoms with Gasteiger partial charge in [0.15, 0.2) is 0 Å². The maximum atomic E-state index is 11.5. The van der Waals surface area contributed by atoms with Gasteiger partial charge in [0, 0.05) is 12.1 Å². The van der Waals surface area contributed by atoms with Crippen LogP contribution < -0.4 is 0 Å². The average Bonchev–Trinajstić information content (AvgIpc) is 2.24. The Labute approximate surface area is 83.8 Å². The van der Waals surface area contributed by atoms with Crippen molar-refractivity contribution in [3.05, 3.63) is 47.5 Å². The van der Waals surface area contributed by atoms with E-state index in [9.17, 15) is 4.79 Å². The molecule has 0 spiro atoms. The number of carbonyl (C=O) groups is 1. The van der Waals surface area contributed by atoms with E-state index in [1.807, 2.05) is 48.2 Å². The summed E-state index contributed by atoms with van der Waals surface area (Å²) in [4.78, 5) is 13.3. The molecule has 0 aliphatic carbocycles. The molecule has 1 aliphatic heterocycles. The van der Waals surface area contributed by atoms with Crippen molar-refractivity contribution in [2.24, 2.45) is 0 Å². The smallest absolute Gasteiger partial charge is 0.251 e. The quantitative estimate of drug-likeness (QED) is 0.512. The standard InChI is InChI=1S/C12H13NO/c1-2-11-9-13(12(11)14)8-10-6-4-3-5-7-10/h2-7H,8-9H2,1H3/b11-2+. The largest absolute Gasteiger partial charge is 0.330 e. The van der Waals surface area contributed by atoms with Crippen LogP contribution in [0.2, 0.25) is 0 Å². The summed E-state index contributed by atoms with van der Waals surface area (Å²) in [5.41, 5.74) is 2.12. The van der Waals surface area contributed by atoms with Crippen LogP contribution in [-0.4, -0.2) is 17.4 Å². The van der Waals surface area contributed by atoms with Gasteiger partial charge in [0.2, 0.25) is 0 Å². The fourth-order valence-corrected chi connectivity index (χ4v) is 1.60. The lowest BCUT2D eigenvalue weighted by atomic mass is 10.1. The van der Waals surface area contributed by atoms with Crippen LogP contribution in [0.1, 0.15) is 12.5 Å². The van der Waals surface area contributed by atoms with Gasteiger partial charge >= 0.3 is 0 Å². The van der Waals surface area contributed by atoms with Gasteiger partial charge in [0.1, 0.15) is 0 Å². The zero-order valence-corrected chi connectivity index (χ0v) is 8.23. The van der Waals surface area contributed by atoms with Crippen LogP contribution in [0.4, 0.5) is 0 Å². The Hall–Kier alpha value is -1.57. The second-order valence-corrected chi connectivity index (χ2v) is 3.46. The van der Waals surface area contributed by atoms with Gasteiger partial charge in [-0.25, -0.2) is 0 Å². The first-order valence-electron chi connectivity index (χ1n) is 4.79. The van der Waals surface area contributed by atoms with E-state index in [0.29, 0.717) is 0 Å². The van der Waals surface area contributed by atoms with E-state index in [2.05, 4.69) is 0 Å². The van der Waals surface area contributed by atoms with Crippen molar-refractivity contribution in [3.63, 3.8) is 0 Å². The summed E-state index contributed by atoms with van der Waals surface area (Å²) in [5, 5.41) is 0. The number of likely N-dealkylation sites (tertiary alicyclic amines) is 1. The molecule has 1 aromatic carbocycles. The molecule has 0 radical (unpaired) electrons. The highest BCUT2D eigenvalue weighted by atomic mass is 16.2. The Kier molecular flexibility index (Phi) is 2.35. The molecular formula is C12H13NO. The molecule has 14 heavy (non-hydrogen) atoms. The van der Waals surface area contributed by atoms with Crippen LogP contribution in [0.5, 0.6) is 0 Å². The van der Waals surface area contributed by atoms with Crippen molar-refractivity contribution in [2.45, 2.75) is 13.5 Å². The maximum absolute atomic E-state index is 11.5. The molecule has 2 rings (SSSR count). The lowest BCUT2D eigenvalue weighted by molar-refractivity contribution is -0.133. The number of hydrogen-bond donors (Lipinski definition) is 0. The number of carbonyl (C=O) groups excluding carboxylic acids is 1. The minimum Gasteiger partial charge on any atom is -0.330 e. The van der Waals surface area contributed by atoms with Gasteiger partial charge in [-0.2, -0.15) is 0 Å². The Morgan fingerprint density at radius 2 is 2.07 bits per heavy atom. The van der Waals surface area contributed by atoms with Gasteiger partial charge in [-0.15, -0.1) is 0 Å². The number of hydrogen-bond acceptors (Lipinski definition) is 1. The molecule has 0 N–H and O–H groups in total. The zero-order valence-electron chi connectivity index (χ0n) is 8.23. The number of amides is 1. The summed E-state index contributed by atoms with van der Waals surface area (Å²) in [5.74, 6) is 0.177. The molecular weight excluding hydrogens is 174 g/mol. The van der Waals surface area contributed by atoms with E-state index in [0.717, 1.165) is 18.7 Å². The fourth-order valence-electron chi connectivity index (χ4n) is 1.60. The molecule has 0 atom stereocenters. The molecule has 0 saturated carbocycles. The predicted molar refractivity (Wildman–Crippen MR) is 55.6 cm³/mol. The second-order valence-electron chi connectivity index (χ2n) is 3.46. The topological polar surface area (TPSA) is 20.3 Å². The molecule has 1 aliphatic rings. The van der Waals surface area contributed by atoms with Crippen LogP contribution in [0.15, 0.2) is 42.0 Å². The first kappa shape index (κ1) is 9.00. The first-order valence-corrected chi connectivity index (χ1v) is 4.79. The first-order chi connectivity index (χ1) is 6.81. The molecule has 0 aromatic heterocycles. The Morgan fingerprint density at radius 1 is 1.36 bits per heavy atom. The molecule has 0 unspecified atom stereocenters. The van der Waals surface area contributed by atoms with Crippen LogP contribution in [0, 0.1) is 0 Å². The third kappa shape index (κ3) is 1.55. The monoisotopic (exact) mass is 187 g/mol. The second kappa shape index (κ2) is 3.66. The van der Waals surface area contributed by atoms with Gasteiger partial charge in [0.05, 0.1) is 6.54 Å². The van der Waals surface area contributed by atoms with Gasteiger partial charge in [0.25, 0.3) is 5.91 Å². The van der Waals surface area contributed by atoms with Crippen molar-refractivity contribution in [3.8, 4) is 0 Å². The number of allylic oxidation sites excluding steroid dienone is 1. The van der Waals surface area contributed by atoms with E-state index in [4.69, 9.17) is 0 Å². The molecule has 1 fully saturated rings. The van der Waals surface area contributed by atoms with E-state index >= 15 is 0 Å². The van der Waals surface area contributed by atoms with E-state index < -0.39 is 0 Å². The van der Waals surface area contributed by atoms with Crippen LogP contribution >= 0.6 is 0 Å². The van der Waals surface area contributed by atoms with Gasteiger partial charge in [-0.3, -0.25) is 4.79 Å². The highest BCUT2D eigenvalue weighted by Crippen LogP contribution is 2.18. The highest BCUT2D eigenvalue weighted by Gasteiger charge is 2.28. The summed E-state index contributed by atoms with van der Waals surface area (Å²) in [6.45, 7) is 3.44. The summed E-state index contributed by atoms with van der Waals surface area (Å²) in [6.07, 6.45) is 1.89. The average molecular weight is 187 g/mol. The normalized spacial score (nSPS) is 18.5. The van der Waals surface area contributed by atoms with Crippen molar-refractivity contribution in [2.75, 3.05) is 6.54 Å². The molecule has 2 nitrogen and oxygen atoms in total. The highest BCUT2D eigenvalue weighted by molar-refractivity contribution is 6.00. The summed E-state index contributed by atoms with van der Waals surface area (Å²) >= 11 is 0. The third-order valence-electron chi connectivity index (χ3n) is 2.49. The van der Waals surface area contributed by atoms with Crippen LogP contribution in [-0.2, 0) is 11.3 Å². The predicted octanol–water partition coefficient (Wildman–Crippen LogP) is 1.98. The lowest BCUT2D eigenvalue weighted by Crippen LogP contribution is -2.45. The summed E-state index contributed by atoms with van der Waals surface area (Å²) < 4.78 is 0.